The predicted molar refractivity (Wildman–Crippen MR) is 122 cm³/mol. The van der Waals surface area contributed by atoms with E-state index in [0.717, 1.165) is 43.5 Å². The van der Waals surface area contributed by atoms with E-state index in [1.54, 1.807) is 6.07 Å². The van der Waals surface area contributed by atoms with E-state index < -0.39 is 10.0 Å². The van der Waals surface area contributed by atoms with Gasteiger partial charge in [0.25, 0.3) is 0 Å². The Bertz CT molecular complexity index is 1130. The van der Waals surface area contributed by atoms with Crippen LogP contribution in [0.15, 0.2) is 27.6 Å². The molecule has 3 aliphatic rings. The van der Waals surface area contributed by atoms with Crippen LogP contribution < -0.4 is 5.32 Å². The molecule has 1 atom stereocenters. The number of fused-ring (bicyclic) bond motifs is 1. The molecule has 1 N–H and O–H groups in total. The summed E-state index contributed by atoms with van der Waals surface area (Å²) in [5.41, 5.74) is 2.41. The Morgan fingerprint density at radius 1 is 1.12 bits per heavy atom. The Morgan fingerprint density at radius 3 is 2.55 bits per heavy atom. The van der Waals surface area contributed by atoms with Crippen LogP contribution in [0.25, 0.3) is 0 Å². The van der Waals surface area contributed by atoms with Crippen molar-refractivity contribution < 1.29 is 17.7 Å². The first-order valence-electron chi connectivity index (χ1n) is 12.1. The van der Waals surface area contributed by atoms with Crippen molar-refractivity contribution in [1.29, 1.82) is 0 Å². The summed E-state index contributed by atoms with van der Waals surface area (Å²) in [5.74, 6) is 1.37. The highest BCUT2D eigenvalue weighted by Gasteiger charge is 2.35. The number of sulfonamides is 1. The zero-order valence-electron chi connectivity index (χ0n) is 19.3. The summed E-state index contributed by atoms with van der Waals surface area (Å²) in [6.45, 7) is 4.71. The first-order chi connectivity index (χ1) is 15.8. The summed E-state index contributed by atoms with van der Waals surface area (Å²) >= 11 is 0. The lowest BCUT2D eigenvalue weighted by Crippen LogP contribution is -2.44. The van der Waals surface area contributed by atoms with Gasteiger partial charge in [-0.25, -0.2) is 8.42 Å². The first-order valence-corrected chi connectivity index (χ1v) is 13.5. The molecule has 9 heteroatoms. The number of nitrogens with zero attached hydrogens (tertiary/aromatic N) is 3. The minimum absolute atomic E-state index is 0.0746. The van der Waals surface area contributed by atoms with E-state index in [-0.39, 0.29) is 23.8 Å². The van der Waals surface area contributed by atoms with Gasteiger partial charge in [0.2, 0.25) is 21.8 Å². The Balaban J connectivity index is 1.21. The smallest absolute Gasteiger partial charge is 0.249 e. The minimum atomic E-state index is -3.54. The number of carbonyl (C=O) groups excluding carboxylic acids is 1. The molecule has 1 aromatic heterocycles. The summed E-state index contributed by atoms with van der Waals surface area (Å²) < 4.78 is 33.3. The Hall–Kier alpha value is -2.26. The van der Waals surface area contributed by atoms with Gasteiger partial charge >= 0.3 is 0 Å². The molecule has 178 valence electrons. The number of aromatic nitrogens is 2. The third-order valence-electron chi connectivity index (χ3n) is 7.16. The highest BCUT2D eigenvalue weighted by molar-refractivity contribution is 7.89. The third kappa shape index (κ3) is 4.57. The molecule has 0 radical (unpaired) electrons. The maximum atomic E-state index is 13.2. The van der Waals surface area contributed by atoms with Gasteiger partial charge in [0.1, 0.15) is 6.04 Å². The van der Waals surface area contributed by atoms with Gasteiger partial charge in [-0.2, -0.15) is 9.29 Å². The normalized spacial score (nSPS) is 20.7. The van der Waals surface area contributed by atoms with Crippen molar-refractivity contribution in [2.45, 2.75) is 75.6 Å². The number of hydrogen-bond acceptors (Lipinski definition) is 6. The molecule has 0 spiro atoms. The Morgan fingerprint density at radius 2 is 1.85 bits per heavy atom. The zero-order chi connectivity index (χ0) is 23.2. The summed E-state index contributed by atoms with van der Waals surface area (Å²) in [7, 11) is -3.54. The van der Waals surface area contributed by atoms with E-state index >= 15 is 0 Å². The molecule has 1 aromatic carbocycles. The van der Waals surface area contributed by atoms with E-state index in [2.05, 4.69) is 15.5 Å². The summed E-state index contributed by atoms with van der Waals surface area (Å²) in [5, 5.41) is 7.16. The van der Waals surface area contributed by atoms with Crippen LogP contribution in [-0.4, -0.2) is 41.9 Å². The van der Waals surface area contributed by atoms with Crippen molar-refractivity contribution in [3.05, 3.63) is 41.0 Å². The summed E-state index contributed by atoms with van der Waals surface area (Å²) in [6.07, 6.45) is 6.23. The van der Waals surface area contributed by atoms with Gasteiger partial charge in [-0.15, -0.1) is 0 Å². The fraction of sp³-hybridized carbons (Fsp3) is 0.625. The lowest BCUT2D eigenvalue weighted by molar-refractivity contribution is -0.127. The molecule has 2 aromatic rings. The number of piperidine rings is 1. The van der Waals surface area contributed by atoms with Gasteiger partial charge < -0.3 is 9.84 Å². The average molecular weight is 473 g/mol. The average Bonchev–Trinajstić information content (AvgIpc) is 3.35. The van der Waals surface area contributed by atoms with Gasteiger partial charge in [0.05, 0.1) is 4.90 Å². The molecule has 1 saturated carbocycles. The number of hydrogen-bond donors (Lipinski definition) is 1. The molecule has 0 bridgehead atoms. The molecule has 1 aliphatic heterocycles. The summed E-state index contributed by atoms with van der Waals surface area (Å²) in [6, 6.07) is 5.18. The number of amides is 1. The molecule has 8 nitrogen and oxygen atoms in total. The van der Waals surface area contributed by atoms with Crippen LogP contribution in [0.1, 0.15) is 80.8 Å². The highest BCUT2D eigenvalue weighted by atomic mass is 32.2. The van der Waals surface area contributed by atoms with Crippen molar-refractivity contribution in [2.24, 2.45) is 11.8 Å². The second-order valence-electron chi connectivity index (χ2n) is 9.96. The number of aryl methyl sites for hydroxylation is 2. The Labute approximate surface area is 195 Å². The monoisotopic (exact) mass is 472 g/mol. The van der Waals surface area contributed by atoms with Crippen LogP contribution in [0, 0.1) is 11.8 Å². The molecule has 1 unspecified atom stereocenters. The maximum absolute atomic E-state index is 13.2. The maximum Gasteiger partial charge on any atom is 0.249 e. The van der Waals surface area contributed by atoms with Crippen molar-refractivity contribution in [3.8, 4) is 0 Å². The van der Waals surface area contributed by atoms with Gasteiger partial charge in [0, 0.05) is 24.9 Å². The van der Waals surface area contributed by atoms with E-state index in [0.29, 0.717) is 42.6 Å². The van der Waals surface area contributed by atoms with Gasteiger partial charge in [-0.05, 0) is 74.1 Å². The largest absolute Gasteiger partial charge is 0.344 e. The SMILES string of the molecule is CC(C)C(NC(=O)C1CCN(S(=O)(=O)c2ccc3c(c2)CCC3)CC1)c1nc(C2CC2)no1. The molecular weight excluding hydrogens is 440 g/mol. The van der Waals surface area contributed by atoms with E-state index in [4.69, 9.17) is 4.52 Å². The molecule has 2 aliphatic carbocycles. The molecule has 5 rings (SSSR count). The second kappa shape index (κ2) is 8.83. The predicted octanol–water partition coefficient (Wildman–Crippen LogP) is 3.35. The lowest BCUT2D eigenvalue weighted by Gasteiger charge is -2.31. The van der Waals surface area contributed by atoms with Crippen molar-refractivity contribution in [2.75, 3.05) is 13.1 Å². The molecular formula is C24H32N4O4S. The second-order valence-corrected chi connectivity index (χ2v) is 11.9. The van der Waals surface area contributed by atoms with Crippen LogP contribution in [-0.2, 0) is 27.7 Å². The van der Waals surface area contributed by atoms with Crippen molar-refractivity contribution >= 4 is 15.9 Å². The fourth-order valence-electron chi connectivity index (χ4n) is 4.88. The zero-order valence-corrected chi connectivity index (χ0v) is 20.1. The van der Waals surface area contributed by atoms with Gasteiger partial charge in [-0.1, -0.05) is 25.1 Å². The molecule has 33 heavy (non-hydrogen) atoms. The number of rotatable bonds is 7. The van der Waals surface area contributed by atoms with Crippen LogP contribution >= 0.6 is 0 Å². The van der Waals surface area contributed by atoms with Crippen molar-refractivity contribution in [1.82, 2.24) is 19.8 Å². The van der Waals surface area contributed by atoms with Crippen LogP contribution in [0.5, 0.6) is 0 Å². The van der Waals surface area contributed by atoms with Crippen LogP contribution in [0.3, 0.4) is 0 Å². The van der Waals surface area contributed by atoms with Crippen molar-refractivity contribution in [3.63, 3.8) is 0 Å². The topological polar surface area (TPSA) is 105 Å². The Kier molecular flexibility index (Phi) is 6.03. The van der Waals surface area contributed by atoms with Crippen LogP contribution in [0.4, 0.5) is 0 Å². The molecule has 1 amide bonds. The summed E-state index contributed by atoms with van der Waals surface area (Å²) in [4.78, 5) is 17.9. The number of benzene rings is 1. The van der Waals surface area contributed by atoms with Gasteiger partial charge in [-0.3, -0.25) is 4.79 Å². The molecule has 2 heterocycles. The third-order valence-corrected chi connectivity index (χ3v) is 9.06. The first kappa shape index (κ1) is 22.5. The standard InChI is InChI=1S/C24H32N4O4S/c1-15(2)21(24-26-22(27-32-24)17-6-7-17)25-23(29)18-10-12-28(13-11-18)33(30,31)20-9-8-16-4-3-5-19(16)14-20/h8-9,14-15,17-18,21H,3-7,10-13H2,1-2H3,(H,25,29). The lowest BCUT2D eigenvalue weighted by atomic mass is 9.95. The fourth-order valence-corrected chi connectivity index (χ4v) is 6.40. The van der Waals surface area contributed by atoms with E-state index in [1.807, 2.05) is 26.0 Å². The minimum Gasteiger partial charge on any atom is -0.344 e. The molecule has 2 fully saturated rings. The molecule has 1 saturated heterocycles. The van der Waals surface area contributed by atoms with E-state index in [9.17, 15) is 13.2 Å². The van der Waals surface area contributed by atoms with Crippen LogP contribution in [0.2, 0.25) is 0 Å². The highest BCUT2D eigenvalue weighted by Crippen LogP contribution is 2.39. The van der Waals surface area contributed by atoms with Gasteiger partial charge in [0.15, 0.2) is 5.82 Å². The quantitative estimate of drug-likeness (QED) is 0.663. The number of carbonyl (C=O) groups is 1. The number of nitrogens with one attached hydrogen (secondary N) is 1. The van der Waals surface area contributed by atoms with E-state index in [1.165, 1.54) is 9.87 Å².